The van der Waals surface area contributed by atoms with Crippen LogP contribution in [-0.2, 0) is 0 Å². The van der Waals surface area contributed by atoms with Crippen molar-refractivity contribution in [3.05, 3.63) is 12.7 Å². The van der Waals surface area contributed by atoms with Crippen molar-refractivity contribution in [3.8, 4) is 0 Å². The van der Waals surface area contributed by atoms with Gasteiger partial charge in [0.25, 0.3) is 0 Å². The molecule has 3 heteroatoms. The van der Waals surface area contributed by atoms with Crippen molar-refractivity contribution >= 4 is 0 Å². The third kappa shape index (κ3) is 5.53. The Labute approximate surface area is 46.0 Å². The van der Waals surface area contributed by atoms with E-state index in [2.05, 4.69) is 0 Å². The van der Waals surface area contributed by atoms with Crippen molar-refractivity contribution in [1.82, 2.24) is 0 Å². The quantitative estimate of drug-likeness (QED) is 0.528. The molecule has 0 nitrogen and oxygen atoms in total. The van der Waals surface area contributed by atoms with E-state index in [1.807, 2.05) is 0 Å². The molecule has 0 saturated heterocycles. The second kappa shape index (κ2) is 2.74. The average molecular weight is 123 g/mol. The first-order valence-corrected chi connectivity index (χ1v) is 2.16. The maximum Gasteiger partial charge on any atom is 0.389 e. The minimum atomic E-state index is -4.06. The van der Waals surface area contributed by atoms with Crippen LogP contribution in [0.3, 0.4) is 0 Å². The summed E-state index contributed by atoms with van der Waals surface area (Å²) in [5.74, 6) is 0. The lowest BCUT2D eigenvalue weighted by molar-refractivity contribution is -0.133. The lowest BCUT2D eigenvalue weighted by atomic mass is 10.3. The lowest BCUT2D eigenvalue weighted by Gasteiger charge is -2.00. The van der Waals surface area contributed by atoms with Crippen molar-refractivity contribution in [1.29, 1.82) is 0 Å². The standard InChI is InChI=1S/C5H6F3/c1-2-3-4-5(6,7)8/h1-2H,3-4H2. The Morgan fingerprint density at radius 2 is 1.88 bits per heavy atom. The Hall–Kier alpha value is -0.470. The molecule has 47 valence electrons. The molecule has 0 aliphatic rings. The minimum Gasteiger partial charge on any atom is -0.171 e. The van der Waals surface area contributed by atoms with E-state index < -0.39 is 12.6 Å². The largest absolute Gasteiger partial charge is 0.389 e. The van der Waals surface area contributed by atoms with Crippen LogP contribution in [0.5, 0.6) is 0 Å². The van der Waals surface area contributed by atoms with E-state index in [-0.39, 0.29) is 6.42 Å². The normalized spacial score (nSPS) is 11.4. The molecule has 0 saturated carbocycles. The van der Waals surface area contributed by atoms with Gasteiger partial charge in [-0.1, -0.05) is 12.7 Å². The summed E-state index contributed by atoms with van der Waals surface area (Å²) in [7, 11) is 0. The van der Waals surface area contributed by atoms with Gasteiger partial charge in [-0.25, -0.2) is 0 Å². The van der Waals surface area contributed by atoms with E-state index in [1.165, 1.54) is 0 Å². The Balaban J connectivity index is 3.24. The highest BCUT2D eigenvalue weighted by Crippen LogP contribution is 2.20. The van der Waals surface area contributed by atoms with Crippen LogP contribution in [0, 0.1) is 6.58 Å². The van der Waals surface area contributed by atoms with E-state index >= 15 is 0 Å². The lowest BCUT2D eigenvalue weighted by Crippen LogP contribution is -2.05. The van der Waals surface area contributed by atoms with Crippen molar-refractivity contribution in [2.24, 2.45) is 0 Å². The van der Waals surface area contributed by atoms with E-state index in [0.717, 1.165) is 6.08 Å². The van der Waals surface area contributed by atoms with E-state index in [9.17, 15) is 13.2 Å². The van der Waals surface area contributed by atoms with Crippen LogP contribution in [0.4, 0.5) is 13.2 Å². The SMILES string of the molecule is [CH]=CCCC(F)(F)F. The molecule has 0 N–H and O–H groups in total. The Kier molecular flexibility index (Phi) is 2.58. The van der Waals surface area contributed by atoms with Crippen LogP contribution in [-0.4, -0.2) is 6.18 Å². The number of halogens is 3. The molecule has 1 radical (unpaired) electrons. The summed E-state index contributed by atoms with van der Waals surface area (Å²) in [6.07, 6.45) is -3.96. The maximum absolute atomic E-state index is 11.2. The summed E-state index contributed by atoms with van der Waals surface area (Å²) in [6.45, 7) is 4.71. The smallest absolute Gasteiger partial charge is 0.171 e. The third-order valence-corrected chi connectivity index (χ3v) is 0.594. The fourth-order valence-electron chi connectivity index (χ4n) is 0.247. The molecule has 0 aliphatic heterocycles. The first-order valence-electron chi connectivity index (χ1n) is 2.16. The molecule has 0 fully saturated rings. The number of allylic oxidation sites excluding steroid dienone is 1. The van der Waals surface area contributed by atoms with Gasteiger partial charge in [0.05, 0.1) is 0 Å². The van der Waals surface area contributed by atoms with E-state index in [0.29, 0.717) is 0 Å². The summed E-state index contributed by atoms with van der Waals surface area (Å²) in [4.78, 5) is 0. The van der Waals surface area contributed by atoms with Gasteiger partial charge in [0.15, 0.2) is 0 Å². The van der Waals surface area contributed by atoms with Gasteiger partial charge in [0, 0.05) is 6.42 Å². The molecule has 0 aromatic carbocycles. The van der Waals surface area contributed by atoms with Gasteiger partial charge in [0.2, 0.25) is 0 Å². The van der Waals surface area contributed by atoms with Crippen LogP contribution in [0.1, 0.15) is 12.8 Å². The highest BCUT2D eigenvalue weighted by atomic mass is 19.4. The van der Waals surface area contributed by atoms with Crippen LogP contribution in [0.15, 0.2) is 6.08 Å². The molecule has 8 heavy (non-hydrogen) atoms. The molecule has 0 amide bonds. The predicted octanol–water partition coefficient (Wildman–Crippen LogP) is 2.32. The van der Waals surface area contributed by atoms with E-state index in [1.54, 1.807) is 0 Å². The first kappa shape index (κ1) is 7.53. The molecule has 0 unspecified atom stereocenters. The predicted molar refractivity (Wildman–Crippen MR) is 24.2 cm³/mol. The van der Waals surface area contributed by atoms with Gasteiger partial charge in [0.1, 0.15) is 0 Å². The van der Waals surface area contributed by atoms with Crippen LogP contribution in [0.2, 0.25) is 0 Å². The summed E-state index contributed by atoms with van der Waals surface area (Å²) >= 11 is 0. The van der Waals surface area contributed by atoms with Crippen molar-refractivity contribution in [2.45, 2.75) is 19.0 Å². The zero-order valence-corrected chi connectivity index (χ0v) is 4.20. The molecule has 0 aromatic heterocycles. The minimum absolute atomic E-state index is 0.0938. The van der Waals surface area contributed by atoms with Gasteiger partial charge in [-0.2, -0.15) is 13.2 Å². The first-order chi connectivity index (χ1) is 3.56. The van der Waals surface area contributed by atoms with Crippen molar-refractivity contribution in [2.75, 3.05) is 0 Å². The maximum atomic E-state index is 11.2. The fraction of sp³-hybridized carbons (Fsp3) is 0.600. The molecular formula is C5H6F3. The van der Waals surface area contributed by atoms with E-state index in [4.69, 9.17) is 6.58 Å². The fourth-order valence-corrected chi connectivity index (χ4v) is 0.247. The topological polar surface area (TPSA) is 0 Å². The van der Waals surface area contributed by atoms with Crippen molar-refractivity contribution in [3.63, 3.8) is 0 Å². The second-order valence-corrected chi connectivity index (χ2v) is 1.39. The highest BCUT2D eigenvalue weighted by molar-refractivity contribution is 4.64. The van der Waals surface area contributed by atoms with Gasteiger partial charge < -0.3 is 0 Å². The van der Waals surface area contributed by atoms with Gasteiger partial charge in [-0.15, -0.1) is 0 Å². The molecule has 0 aliphatic carbocycles. The van der Waals surface area contributed by atoms with Gasteiger partial charge in [-0.3, -0.25) is 0 Å². The molecule has 0 aromatic rings. The van der Waals surface area contributed by atoms with Crippen LogP contribution >= 0.6 is 0 Å². The summed E-state index contributed by atoms with van der Waals surface area (Å²) in [6, 6.07) is 0. The molecule has 0 bridgehead atoms. The summed E-state index contributed by atoms with van der Waals surface area (Å²) < 4.78 is 33.5. The third-order valence-electron chi connectivity index (χ3n) is 0.594. The number of rotatable bonds is 2. The number of hydrogen-bond donors (Lipinski definition) is 0. The van der Waals surface area contributed by atoms with Crippen molar-refractivity contribution < 1.29 is 13.2 Å². The molecule has 0 atom stereocenters. The van der Waals surface area contributed by atoms with Gasteiger partial charge >= 0.3 is 6.18 Å². The Bertz CT molecular complexity index is 72.2. The Morgan fingerprint density at radius 1 is 1.38 bits per heavy atom. The van der Waals surface area contributed by atoms with Gasteiger partial charge in [-0.05, 0) is 6.42 Å². The number of alkyl halides is 3. The second-order valence-electron chi connectivity index (χ2n) is 1.39. The highest BCUT2D eigenvalue weighted by Gasteiger charge is 2.24. The summed E-state index contributed by atoms with van der Waals surface area (Å²) in [5, 5.41) is 0. The molecule has 0 heterocycles. The molecular weight excluding hydrogens is 117 g/mol. The van der Waals surface area contributed by atoms with Crippen LogP contribution in [0.25, 0.3) is 0 Å². The number of hydrogen-bond acceptors (Lipinski definition) is 0. The average Bonchev–Trinajstić information content (AvgIpc) is 1.59. The van der Waals surface area contributed by atoms with Crippen LogP contribution < -0.4 is 0 Å². The summed E-state index contributed by atoms with van der Waals surface area (Å²) in [5.41, 5.74) is 0. The molecule has 0 rings (SSSR count). The monoisotopic (exact) mass is 123 g/mol. The Morgan fingerprint density at radius 3 is 2.00 bits per heavy atom. The zero-order valence-electron chi connectivity index (χ0n) is 4.20. The molecule has 0 spiro atoms. The zero-order chi connectivity index (χ0) is 6.62.